The van der Waals surface area contributed by atoms with Gasteiger partial charge in [-0.25, -0.2) is 0 Å². The van der Waals surface area contributed by atoms with Gasteiger partial charge in [0.15, 0.2) is 0 Å². The van der Waals surface area contributed by atoms with Crippen LogP contribution in [0.5, 0.6) is 0 Å². The molecule has 0 spiro atoms. The van der Waals surface area contributed by atoms with Gasteiger partial charge in [-0.3, -0.25) is 4.99 Å². The Labute approximate surface area is 101 Å². The van der Waals surface area contributed by atoms with Crippen molar-refractivity contribution in [1.82, 2.24) is 0 Å². The van der Waals surface area contributed by atoms with E-state index in [1.165, 1.54) is 0 Å². The molecule has 0 amide bonds. The first kappa shape index (κ1) is 11.7. The second-order valence-electron chi connectivity index (χ2n) is 2.71. The summed E-state index contributed by atoms with van der Waals surface area (Å²) < 4.78 is 2.09. The Morgan fingerprint density at radius 3 is 2.29 bits per heavy atom. The fourth-order valence-electron chi connectivity index (χ4n) is 1.17. The standard InChI is InChI=1S/C11H11Br2N/c1-3-5-10(14-2)11-8(12)6-4-7-9(11)13/h3-7H,1-2H3/b5-3-,14-10?. The van der Waals surface area contributed by atoms with Gasteiger partial charge in [0.05, 0.1) is 5.71 Å². The zero-order valence-electron chi connectivity index (χ0n) is 8.09. The van der Waals surface area contributed by atoms with Gasteiger partial charge in [-0.05, 0) is 25.1 Å². The van der Waals surface area contributed by atoms with Gasteiger partial charge >= 0.3 is 0 Å². The number of allylic oxidation sites excluding steroid dienone is 2. The van der Waals surface area contributed by atoms with Crippen LogP contribution in [-0.2, 0) is 0 Å². The summed E-state index contributed by atoms with van der Waals surface area (Å²) in [5.74, 6) is 0. The minimum Gasteiger partial charge on any atom is -0.288 e. The van der Waals surface area contributed by atoms with Gasteiger partial charge in [0.2, 0.25) is 0 Å². The van der Waals surface area contributed by atoms with Gasteiger partial charge in [0, 0.05) is 21.6 Å². The van der Waals surface area contributed by atoms with Crippen molar-refractivity contribution >= 4 is 37.6 Å². The summed E-state index contributed by atoms with van der Waals surface area (Å²) in [6.45, 7) is 1.98. The van der Waals surface area contributed by atoms with Crippen LogP contribution >= 0.6 is 31.9 Å². The highest BCUT2D eigenvalue weighted by Crippen LogP contribution is 2.26. The number of halogens is 2. The maximum atomic E-state index is 4.24. The molecule has 0 saturated carbocycles. The van der Waals surface area contributed by atoms with E-state index >= 15 is 0 Å². The van der Waals surface area contributed by atoms with E-state index in [4.69, 9.17) is 0 Å². The molecule has 0 saturated heterocycles. The molecule has 74 valence electrons. The third-order valence-electron chi connectivity index (χ3n) is 1.78. The van der Waals surface area contributed by atoms with Crippen LogP contribution in [0.3, 0.4) is 0 Å². The summed E-state index contributed by atoms with van der Waals surface area (Å²) >= 11 is 7.03. The Hall–Kier alpha value is -0.410. The molecule has 3 heteroatoms. The quantitative estimate of drug-likeness (QED) is 0.725. The van der Waals surface area contributed by atoms with E-state index in [0.717, 1.165) is 20.2 Å². The molecule has 0 aliphatic heterocycles. The van der Waals surface area contributed by atoms with Crippen LogP contribution in [0.4, 0.5) is 0 Å². The van der Waals surface area contributed by atoms with Gasteiger partial charge < -0.3 is 0 Å². The molecular formula is C11H11Br2N. The lowest BCUT2D eigenvalue weighted by Gasteiger charge is -2.06. The van der Waals surface area contributed by atoms with Crippen molar-refractivity contribution in [3.63, 3.8) is 0 Å². The maximum Gasteiger partial charge on any atom is 0.0662 e. The van der Waals surface area contributed by atoms with Crippen molar-refractivity contribution in [3.8, 4) is 0 Å². The molecule has 14 heavy (non-hydrogen) atoms. The van der Waals surface area contributed by atoms with E-state index in [1.54, 1.807) is 7.05 Å². The summed E-state index contributed by atoms with van der Waals surface area (Å²) in [4.78, 5) is 4.24. The third kappa shape index (κ3) is 2.55. The van der Waals surface area contributed by atoms with Crippen LogP contribution < -0.4 is 0 Å². The van der Waals surface area contributed by atoms with Gasteiger partial charge in [0.1, 0.15) is 0 Å². The molecule has 0 N–H and O–H groups in total. The Bertz CT molecular complexity index is 361. The number of benzene rings is 1. The smallest absolute Gasteiger partial charge is 0.0662 e. The Kier molecular flexibility index (Phi) is 4.55. The summed E-state index contributed by atoms with van der Waals surface area (Å²) in [6.07, 6.45) is 3.97. The predicted octanol–water partition coefficient (Wildman–Crippen LogP) is 4.21. The molecule has 1 aromatic carbocycles. The second kappa shape index (κ2) is 5.47. The number of hydrogen-bond acceptors (Lipinski definition) is 1. The average molecular weight is 317 g/mol. The summed E-state index contributed by atoms with van der Waals surface area (Å²) in [5.41, 5.74) is 2.06. The normalized spacial score (nSPS) is 12.4. The van der Waals surface area contributed by atoms with E-state index in [1.807, 2.05) is 37.3 Å². The summed E-state index contributed by atoms with van der Waals surface area (Å²) in [5, 5.41) is 0. The molecule has 1 aromatic rings. The van der Waals surface area contributed by atoms with Crippen LogP contribution in [0.15, 0.2) is 44.3 Å². The Morgan fingerprint density at radius 1 is 1.29 bits per heavy atom. The number of nitrogens with zero attached hydrogens (tertiary/aromatic N) is 1. The van der Waals surface area contributed by atoms with E-state index < -0.39 is 0 Å². The fraction of sp³-hybridized carbons (Fsp3) is 0.182. The number of hydrogen-bond donors (Lipinski definition) is 0. The maximum absolute atomic E-state index is 4.24. The van der Waals surface area contributed by atoms with Crippen LogP contribution in [-0.4, -0.2) is 12.8 Å². The van der Waals surface area contributed by atoms with Gasteiger partial charge in [-0.15, -0.1) is 0 Å². The lowest BCUT2D eigenvalue weighted by Crippen LogP contribution is -1.99. The molecule has 0 fully saturated rings. The van der Waals surface area contributed by atoms with Crippen molar-refractivity contribution in [2.75, 3.05) is 7.05 Å². The summed E-state index contributed by atoms with van der Waals surface area (Å²) in [7, 11) is 1.79. The zero-order chi connectivity index (χ0) is 10.6. The van der Waals surface area contributed by atoms with Crippen molar-refractivity contribution in [1.29, 1.82) is 0 Å². The van der Waals surface area contributed by atoms with Crippen LogP contribution in [0, 0.1) is 0 Å². The minimum absolute atomic E-state index is 0.965. The first-order chi connectivity index (χ1) is 6.70. The Morgan fingerprint density at radius 2 is 1.86 bits per heavy atom. The van der Waals surface area contributed by atoms with Crippen molar-refractivity contribution in [3.05, 3.63) is 44.9 Å². The van der Waals surface area contributed by atoms with Gasteiger partial charge in [-0.2, -0.15) is 0 Å². The number of rotatable bonds is 2. The SMILES string of the molecule is C/C=C\C(=NC)c1c(Br)cccc1Br. The first-order valence-corrected chi connectivity index (χ1v) is 5.83. The van der Waals surface area contributed by atoms with Crippen molar-refractivity contribution in [2.45, 2.75) is 6.92 Å². The molecular weight excluding hydrogens is 306 g/mol. The highest BCUT2D eigenvalue weighted by molar-refractivity contribution is 9.11. The monoisotopic (exact) mass is 315 g/mol. The topological polar surface area (TPSA) is 12.4 Å². The lowest BCUT2D eigenvalue weighted by atomic mass is 10.1. The van der Waals surface area contributed by atoms with E-state index in [9.17, 15) is 0 Å². The van der Waals surface area contributed by atoms with Crippen molar-refractivity contribution in [2.24, 2.45) is 4.99 Å². The molecule has 0 aromatic heterocycles. The second-order valence-corrected chi connectivity index (χ2v) is 4.41. The highest BCUT2D eigenvalue weighted by Gasteiger charge is 2.07. The molecule has 0 unspecified atom stereocenters. The molecule has 0 aliphatic carbocycles. The highest BCUT2D eigenvalue weighted by atomic mass is 79.9. The lowest BCUT2D eigenvalue weighted by molar-refractivity contribution is 1.41. The zero-order valence-corrected chi connectivity index (χ0v) is 11.3. The molecule has 1 rings (SSSR count). The summed E-state index contributed by atoms with van der Waals surface area (Å²) in [6, 6.07) is 6.00. The largest absolute Gasteiger partial charge is 0.288 e. The first-order valence-electron chi connectivity index (χ1n) is 4.24. The van der Waals surface area contributed by atoms with Gasteiger partial charge in [0.25, 0.3) is 0 Å². The average Bonchev–Trinajstić information content (AvgIpc) is 2.16. The molecule has 0 heterocycles. The molecule has 0 bridgehead atoms. The predicted molar refractivity (Wildman–Crippen MR) is 69.1 cm³/mol. The molecule has 0 aliphatic rings. The van der Waals surface area contributed by atoms with Gasteiger partial charge in [-0.1, -0.05) is 44.0 Å². The Balaban J connectivity index is 3.30. The van der Waals surface area contributed by atoms with Crippen LogP contribution in [0.1, 0.15) is 12.5 Å². The van der Waals surface area contributed by atoms with Crippen molar-refractivity contribution < 1.29 is 0 Å². The fourth-order valence-corrected chi connectivity index (χ4v) is 2.57. The van der Waals surface area contributed by atoms with Crippen LogP contribution in [0.25, 0.3) is 0 Å². The van der Waals surface area contributed by atoms with E-state index in [2.05, 4.69) is 36.9 Å². The molecule has 0 radical (unpaired) electrons. The third-order valence-corrected chi connectivity index (χ3v) is 3.11. The number of aliphatic imine (C=N–C) groups is 1. The van der Waals surface area contributed by atoms with Crippen LogP contribution in [0.2, 0.25) is 0 Å². The molecule has 0 atom stereocenters. The minimum atomic E-state index is 0.965. The van der Waals surface area contributed by atoms with E-state index in [0.29, 0.717) is 0 Å². The molecule has 1 nitrogen and oxygen atoms in total. The van der Waals surface area contributed by atoms with E-state index in [-0.39, 0.29) is 0 Å².